The van der Waals surface area contributed by atoms with Crippen LogP contribution in [0.3, 0.4) is 0 Å². The van der Waals surface area contributed by atoms with Crippen LogP contribution in [0.15, 0.2) is 4.52 Å². The number of likely N-dealkylation sites (tertiary alicyclic amines) is 1. The molecule has 1 aliphatic heterocycles. The average Bonchev–Trinajstić information content (AvgIpc) is 3.17. The molecule has 0 aromatic carbocycles. The third kappa shape index (κ3) is 2.59. The Morgan fingerprint density at radius 1 is 1.22 bits per heavy atom. The van der Waals surface area contributed by atoms with E-state index in [1.54, 1.807) is 0 Å². The summed E-state index contributed by atoms with van der Waals surface area (Å²) < 4.78 is 5.19. The number of rotatable bonds is 4. The number of nitrogens with one attached hydrogen (secondary N) is 1. The van der Waals surface area contributed by atoms with Gasteiger partial charge in [0.05, 0.1) is 5.69 Å². The molecule has 0 amide bonds. The fourth-order valence-electron chi connectivity index (χ4n) is 2.91. The van der Waals surface area contributed by atoms with Crippen LogP contribution in [0.25, 0.3) is 0 Å². The SMILES string of the molecule is Cc1noc(C)c1CNC1CCN(C2CC2)CC1. The number of aryl methyl sites for hydroxylation is 2. The van der Waals surface area contributed by atoms with E-state index >= 15 is 0 Å². The van der Waals surface area contributed by atoms with Crippen LogP contribution in [0.5, 0.6) is 0 Å². The first kappa shape index (κ1) is 12.2. The molecule has 1 aromatic heterocycles. The summed E-state index contributed by atoms with van der Waals surface area (Å²) in [7, 11) is 0. The molecule has 100 valence electrons. The van der Waals surface area contributed by atoms with E-state index in [0.29, 0.717) is 6.04 Å². The van der Waals surface area contributed by atoms with Crippen molar-refractivity contribution in [1.82, 2.24) is 15.4 Å². The van der Waals surface area contributed by atoms with Crippen LogP contribution in [0.4, 0.5) is 0 Å². The molecule has 0 atom stereocenters. The summed E-state index contributed by atoms with van der Waals surface area (Å²) in [4.78, 5) is 2.66. The predicted octanol–water partition coefficient (Wildman–Crippen LogP) is 2.01. The first-order valence-electron chi connectivity index (χ1n) is 7.13. The highest BCUT2D eigenvalue weighted by Crippen LogP contribution is 2.29. The van der Waals surface area contributed by atoms with Gasteiger partial charge in [0.2, 0.25) is 0 Å². The first-order chi connectivity index (χ1) is 8.74. The smallest absolute Gasteiger partial charge is 0.138 e. The van der Waals surface area contributed by atoms with Crippen molar-refractivity contribution in [3.8, 4) is 0 Å². The first-order valence-corrected chi connectivity index (χ1v) is 7.13. The van der Waals surface area contributed by atoms with Crippen molar-refractivity contribution >= 4 is 0 Å². The summed E-state index contributed by atoms with van der Waals surface area (Å²) in [5.74, 6) is 0.954. The van der Waals surface area contributed by atoms with Crippen LogP contribution < -0.4 is 5.32 Å². The van der Waals surface area contributed by atoms with Gasteiger partial charge in [-0.15, -0.1) is 0 Å². The highest BCUT2D eigenvalue weighted by atomic mass is 16.5. The van der Waals surface area contributed by atoms with Gasteiger partial charge in [-0.1, -0.05) is 5.16 Å². The highest BCUT2D eigenvalue weighted by molar-refractivity contribution is 5.20. The van der Waals surface area contributed by atoms with E-state index in [2.05, 4.69) is 15.4 Å². The number of nitrogens with zero attached hydrogens (tertiary/aromatic N) is 2. The largest absolute Gasteiger partial charge is 0.361 e. The molecule has 4 heteroatoms. The predicted molar refractivity (Wildman–Crippen MR) is 70.4 cm³/mol. The molecule has 1 aliphatic carbocycles. The second kappa shape index (κ2) is 5.02. The number of hydrogen-bond donors (Lipinski definition) is 1. The van der Waals surface area contributed by atoms with Crippen LogP contribution in [-0.4, -0.2) is 35.2 Å². The fourth-order valence-corrected chi connectivity index (χ4v) is 2.91. The lowest BCUT2D eigenvalue weighted by Gasteiger charge is -2.32. The number of piperidine rings is 1. The maximum absolute atomic E-state index is 5.19. The molecular weight excluding hydrogens is 226 g/mol. The summed E-state index contributed by atoms with van der Waals surface area (Å²) in [5, 5.41) is 7.66. The zero-order valence-corrected chi connectivity index (χ0v) is 11.4. The molecule has 0 unspecified atom stereocenters. The standard InChI is InChI=1S/C14H23N3O/c1-10-14(11(2)18-16-10)9-15-12-5-7-17(8-6-12)13-3-4-13/h12-13,15H,3-9H2,1-2H3. The van der Waals surface area contributed by atoms with E-state index in [4.69, 9.17) is 4.52 Å². The van der Waals surface area contributed by atoms with Crippen LogP contribution >= 0.6 is 0 Å². The average molecular weight is 249 g/mol. The van der Waals surface area contributed by atoms with Gasteiger partial charge in [-0.25, -0.2) is 0 Å². The molecule has 2 heterocycles. The number of aromatic nitrogens is 1. The third-order valence-electron chi connectivity index (χ3n) is 4.34. The fraction of sp³-hybridized carbons (Fsp3) is 0.786. The molecule has 2 fully saturated rings. The van der Waals surface area contributed by atoms with E-state index in [9.17, 15) is 0 Å². The molecular formula is C14H23N3O. The minimum Gasteiger partial charge on any atom is -0.361 e. The Balaban J connectivity index is 1.46. The third-order valence-corrected chi connectivity index (χ3v) is 4.34. The zero-order chi connectivity index (χ0) is 12.5. The van der Waals surface area contributed by atoms with E-state index in [0.717, 1.165) is 24.0 Å². The molecule has 1 saturated carbocycles. The Hall–Kier alpha value is -0.870. The van der Waals surface area contributed by atoms with Crippen molar-refractivity contribution in [2.24, 2.45) is 0 Å². The second-order valence-corrected chi connectivity index (χ2v) is 5.73. The lowest BCUT2D eigenvalue weighted by Crippen LogP contribution is -2.43. The van der Waals surface area contributed by atoms with Gasteiger partial charge < -0.3 is 14.7 Å². The summed E-state index contributed by atoms with van der Waals surface area (Å²) in [6.07, 6.45) is 5.41. The Bertz CT molecular complexity index is 384. The normalized spacial score (nSPS) is 22.6. The van der Waals surface area contributed by atoms with Gasteiger partial charge >= 0.3 is 0 Å². The second-order valence-electron chi connectivity index (χ2n) is 5.73. The Morgan fingerprint density at radius 2 is 1.94 bits per heavy atom. The molecule has 0 spiro atoms. The zero-order valence-electron chi connectivity index (χ0n) is 11.4. The van der Waals surface area contributed by atoms with Gasteiger partial charge in [-0.2, -0.15) is 0 Å². The van der Waals surface area contributed by atoms with Gasteiger partial charge in [0.15, 0.2) is 0 Å². The molecule has 1 N–H and O–H groups in total. The maximum atomic E-state index is 5.19. The van der Waals surface area contributed by atoms with Gasteiger partial charge in [-0.3, -0.25) is 0 Å². The van der Waals surface area contributed by atoms with Crippen molar-refractivity contribution in [2.75, 3.05) is 13.1 Å². The maximum Gasteiger partial charge on any atom is 0.138 e. The summed E-state index contributed by atoms with van der Waals surface area (Å²) in [6.45, 7) is 7.44. The highest BCUT2D eigenvalue weighted by Gasteiger charge is 2.31. The summed E-state index contributed by atoms with van der Waals surface area (Å²) >= 11 is 0. The molecule has 3 rings (SSSR count). The van der Waals surface area contributed by atoms with Crippen molar-refractivity contribution in [3.63, 3.8) is 0 Å². The van der Waals surface area contributed by atoms with E-state index in [-0.39, 0.29) is 0 Å². The van der Waals surface area contributed by atoms with E-state index in [1.807, 2.05) is 13.8 Å². The van der Waals surface area contributed by atoms with Gasteiger partial charge in [0, 0.05) is 24.2 Å². The van der Waals surface area contributed by atoms with Gasteiger partial charge in [0.1, 0.15) is 5.76 Å². The van der Waals surface area contributed by atoms with Crippen molar-refractivity contribution in [3.05, 3.63) is 17.0 Å². The molecule has 0 bridgehead atoms. The molecule has 1 aromatic rings. The Labute approximate surface area is 109 Å². The molecule has 18 heavy (non-hydrogen) atoms. The lowest BCUT2D eigenvalue weighted by atomic mass is 10.0. The minimum absolute atomic E-state index is 0.661. The van der Waals surface area contributed by atoms with Crippen LogP contribution in [-0.2, 0) is 6.54 Å². The van der Waals surface area contributed by atoms with E-state index in [1.165, 1.54) is 44.3 Å². The molecule has 0 radical (unpaired) electrons. The molecule has 2 aliphatic rings. The minimum atomic E-state index is 0.661. The Kier molecular flexibility index (Phi) is 3.39. The van der Waals surface area contributed by atoms with Crippen LogP contribution in [0.1, 0.15) is 42.7 Å². The van der Waals surface area contributed by atoms with E-state index < -0.39 is 0 Å². The molecule has 1 saturated heterocycles. The van der Waals surface area contributed by atoms with Crippen molar-refractivity contribution in [1.29, 1.82) is 0 Å². The lowest BCUT2D eigenvalue weighted by molar-refractivity contribution is 0.189. The van der Waals surface area contributed by atoms with Gasteiger partial charge in [-0.05, 0) is 52.6 Å². The number of hydrogen-bond acceptors (Lipinski definition) is 4. The molecule has 4 nitrogen and oxygen atoms in total. The topological polar surface area (TPSA) is 41.3 Å². The van der Waals surface area contributed by atoms with Crippen molar-refractivity contribution in [2.45, 2.75) is 58.2 Å². The van der Waals surface area contributed by atoms with Crippen LogP contribution in [0.2, 0.25) is 0 Å². The van der Waals surface area contributed by atoms with Gasteiger partial charge in [0.25, 0.3) is 0 Å². The monoisotopic (exact) mass is 249 g/mol. The Morgan fingerprint density at radius 3 is 2.50 bits per heavy atom. The van der Waals surface area contributed by atoms with Crippen molar-refractivity contribution < 1.29 is 4.52 Å². The summed E-state index contributed by atoms with van der Waals surface area (Å²) in [5.41, 5.74) is 2.26. The van der Waals surface area contributed by atoms with Crippen LogP contribution in [0, 0.1) is 13.8 Å². The quantitative estimate of drug-likeness (QED) is 0.886. The summed E-state index contributed by atoms with van der Waals surface area (Å²) in [6, 6.07) is 1.59.